The molecule has 0 aromatic heterocycles. The molecule has 0 aromatic rings. The van der Waals surface area contributed by atoms with E-state index in [-0.39, 0.29) is 25.7 Å². The first kappa shape index (κ1) is 100. The van der Waals surface area contributed by atoms with Crippen LogP contribution in [0.3, 0.4) is 0 Å². The molecular formula is C87H140O17P2. The molecule has 19 heteroatoms. The molecule has 0 aliphatic rings. The van der Waals surface area contributed by atoms with Gasteiger partial charge in [0.1, 0.15) is 19.3 Å². The third kappa shape index (κ3) is 76.4. The summed E-state index contributed by atoms with van der Waals surface area (Å²) in [5.74, 6) is -2.36. The first-order chi connectivity index (χ1) is 51.7. The molecule has 600 valence electrons. The number of hydrogen-bond acceptors (Lipinski definition) is 15. The van der Waals surface area contributed by atoms with Crippen LogP contribution in [0.4, 0.5) is 0 Å². The van der Waals surface area contributed by atoms with E-state index in [0.717, 1.165) is 180 Å². The smallest absolute Gasteiger partial charge is 0.462 e. The van der Waals surface area contributed by atoms with Gasteiger partial charge < -0.3 is 33.8 Å². The van der Waals surface area contributed by atoms with Gasteiger partial charge in [0.15, 0.2) is 12.2 Å². The van der Waals surface area contributed by atoms with Gasteiger partial charge in [-0.3, -0.25) is 37.3 Å². The monoisotopic (exact) mass is 1520 g/mol. The van der Waals surface area contributed by atoms with Crippen LogP contribution in [0, 0.1) is 0 Å². The predicted octanol–water partition coefficient (Wildman–Crippen LogP) is 23.6. The molecule has 3 N–H and O–H groups in total. The summed E-state index contributed by atoms with van der Waals surface area (Å²) in [4.78, 5) is 73.0. The van der Waals surface area contributed by atoms with E-state index < -0.39 is 97.5 Å². The van der Waals surface area contributed by atoms with Crippen molar-refractivity contribution >= 4 is 39.5 Å². The second-order valence-corrected chi connectivity index (χ2v) is 28.8. The van der Waals surface area contributed by atoms with Gasteiger partial charge in [-0.05, 0) is 167 Å². The standard InChI is InChI=1S/C87H140O17P2/c1-5-9-13-17-21-25-29-33-36-38-40-42-45-49-52-56-60-64-68-72-85(90)98-78-83(104-87(92)74-70-66-62-58-54-50-46-43-41-39-37-34-30-26-22-18-14-10-6-2)80-102-106(95,96)100-76-81(88)75-99-105(93,94)101-79-82(103-86(91)73-69-65-61-57-53-47-32-28-24-20-16-12-8-4)77-97-84(89)71-67-63-59-55-51-48-44-35-31-27-23-19-15-11-7-3/h9-10,13-14,16,20-23,25-28,32-37,40-44,49-50,52,54,60,64,81-83,88H,5-8,11-12,15,17-19,24,29-31,38-39,45-48,51,53,55-59,61-63,65-80H2,1-4H3,(H,93,94)(H,95,96)/b13-9-,14-10-,20-16-,25-21-,26-22-,27-23-,32-28-,36-33-,37-34-,42-40-,43-41-,44-35-,52-49-,54-50-,64-60-. The zero-order chi connectivity index (χ0) is 77.4. The van der Waals surface area contributed by atoms with E-state index in [4.69, 9.17) is 37.0 Å². The summed E-state index contributed by atoms with van der Waals surface area (Å²) in [7, 11) is -10.0. The summed E-state index contributed by atoms with van der Waals surface area (Å²) in [6.07, 6.45) is 93.1. The van der Waals surface area contributed by atoms with Crippen LogP contribution in [0.1, 0.15) is 285 Å². The number of aliphatic hydroxyl groups excluding tert-OH is 1. The number of carbonyl (C=O) groups is 4. The summed E-state index contributed by atoms with van der Waals surface area (Å²) in [5, 5.41) is 10.6. The molecule has 0 fully saturated rings. The number of phosphoric ester groups is 2. The zero-order valence-electron chi connectivity index (χ0n) is 65.5. The number of carbonyl (C=O) groups excluding carboxylic acids is 4. The Labute approximate surface area is 641 Å². The van der Waals surface area contributed by atoms with Gasteiger partial charge in [0, 0.05) is 25.7 Å². The van der Waals surface area contributed by atoms with Crippen LogP contribution < -0.4 is 0 Å². The third-order valence-electron chi connectivity index (χ3n) is 15.8. The number of unbranched alkanes of at least 4 members (excludes halogenated alkanes) is 17. The van der Waals surface area contributed by atoms with E-state index in [0.29, 0.717) is 32.1 Å². The number of rotatable bonds is 73. The third-order valence-corrected chi connectivity index (χ3v) is 17.7. The van der Waals surface area contributed by atoms with Crippen LogP contribution in [-0.2, 0) is 65.4 Å². The molecule has 0 aromatic carbocycles. The molecule has 0 saturated heterocycles. The van der Waals surface area contributed by atoms with Crippen LogP contribution in [0.15, 0.2) is 182 Å². The Kier molecular flexibility index (Phi) is 73.1. The van der Waals surface area contributed by atoms with Crippen molar-refractivity contribution < 1.29 is 80.2 Å². The molecule has 0 aliphatic carbocycles. The van der Waals surface area contributed by atoms with Crippen LogP contribution in [-0.4, -0.2) is 96.7 Å². The van der Waals surface area contributed by atoms with E-state index in [2.05, 4.69) is 192 Å². The first-order valence-electron chi connectivity index (χ1n) is 40.0. The number of esters is 4. The van der Waals surface area contributed by atoms with Crippen molar-refractivity contribution in [3.63, 3.8) is 0 Å². The fourth-order valence-electron chi connectivity index (χ4n) is 9.81. The van der Waals surface area contributed by atoms with Crippen molar-refractivity contribution in [2.75, 3.05) is 39.6 Å². The number of hydrogen-bond donors (Lipinski definition) is 3. The van der Waals surface area contributed by atoms with Crippen LogP contribution >= 0.6 is 15.6 Å². The molecule has 5 atom stereocenters. The summed E-state index contributed by atoms with van der Waals surface area (Å²) >= 11 is 0. The SMILES string of the molecule is CC/C=C\C/C=C\C/C=C\C/C=C\C/C=C\C/C=C\CCC(=O)OCC(COP(=O)(O)OCC(O)COP(=O)(O)OCC(COC(=O)CCCCCCC/C=C\C/C=C\CCCCC)OC(=O)CCCCCCC/C=C\C/C=C\CCC)OC(=O)CCCCC/C=C\C/C=C\C/C=C\C/C=C\C/C=C\CC. The van der Waals surface area contributed by atoms with Gasteiger partial charge in [-0.15, -0.1) is 0 Å². The lowest BCUT2D eigenvalue weighted by Gasteiger charge is -2.21. The van der Waals surface area contributed by atoms with E-state index in [9.17, 15) is 43.2 Å². The summed E-state index contributed by atoms with van der Waals surface area (Å²) in [5.41, 5.74) is 0. The minimum Gasteiger partial charge on any atom is -0.462 e. The van der Waals surface area contributed by atoms with E-state index >= 15 is 0 Å². The number of phosphoric acid groups is 2. The fraction of sp³-hybridized carbons (Fsp3) is 0.609. The Bertz CT molecular complexity index is 2730. The normalized spacial score (nSPS) is 14.8. The molecule has 0 heterocycles. The molecule has 106 heavy (non-hydrogen) atoms. The van der Waals surface area contributed by atoms with E-state index in [1.165, 1.54) is 19.3 Å². The highest BCUT2D eigenvalue weighted by molar-refractivity contribution is 7.47. The van der Waals surface area contributed by atoms with Crippen molar-refractivity contribution in [3.8, 4) is 0 Å². The van der Waals surface area contributed by atoms with Crippen LogP contribution in [0.2, 0.25) is 0 Å². The average molecular weight is 1520 g/mol. The maximum absolute atomic E-state index is 13.1. The quantitative estimate of drug-likeness (QED) is 0.0169. The average Bonchev–Trinajstić information content (AvgIpc) is 0.903. The second kappa shape index (κ2) is 77.3. The highest BCUT2D eigenvalue weighted by atomic mass is 31.2. The van der Waals surface area contributed by atoms with Crippen LogP contribution in [0.5, 0.6) is 0 Å². The predicted molar refractivity (Wildman–Crippen MR) is 436 cm³/mol. The van der Waals surface area contributed by atoms with Crippen molar-refractivity contribution in [2.45, 2.75) is 303 Å². The molecule has 0 radical (unpaired) electrons. The Balaban J connectivity index is 5.51. The minimum absolute atomic E-state index is 0.0208. The van der Waals surface area contributed by atoms with Gasteiger partial charge in [0.25, 0.3) is 0 Å². The number of allylic oxidation sites excluding steroid dienone is 30. The molecular weight excluding hydrogens is 1380 g/mol. The molecule has 0 aliphatic heterocycles. The molecule has 0 rings (SSSR count). The number of ether oxygens (including phenoxy) is 4. The highest BCUT2D eigenvalue weighted by Gasteiger charge is 2.30. The summed E-state index contributed by atoms with van der Waals surface area (Å²) in [6, 6.07) is 0. The van der Waals surface area contributed by atoms with Gasteiger partial charge in [0.2, 0.25) is 0 Å². The van der Waals surface area contributed by atoms with Crippen molar-refractivity contribution in [2.24, 2.45) is 0 Å². The van der Waals surface area contributed by atoms with E-state index in [1.807, 2.05) is 18.2 Å². The second-order valence-electron chi connectivity index (χ2n) is 25.9. The summed E-state index contributed by atoms with van der Waals surface area (Å²) in [6.45, 7) is 4.38. The van der Waals surface area contributed by atoms with Crippen molar-refractivity contribution in [1.82, 2.24) is 0 Å². The molecule has 0 spiro atoms. The van der Waals surface area contributed by atoms with E-state index in [1.54, 1.807) is 0 Å². The Morgan fingerprint density at radius 1 is 0.274 bits per heavy atom. The minimum atomic E-state index is -5.02. The molecule has 0 amide bonds. The lowest BCUT2D eigenvalue weighted by molar-refractivity contribution is -0.161. The summed E-state index contributed by atoms with van der Waals surface area (Å²) < 4.78 is 68.5. The lowest BCUT2D eigenvalue weighted by atomic mass is 10.1. The number of aliphatic hydroxyl groups is 1. The van der Waals surface area contributed by atoms with Gasteiger partial charge in [-0.1, -0.05) is 274 Å². The molecule has 0 saturated carbocycles. The fourth-order valence-corrected chi connectivity index (χ4v) is 11.4. The van der Waals surface area contributed by atoms with Gasteiger partial charge in [-0.25, -0.2) is 9.13 Å². The van der Waals surface area contributed by atoms with Crippen LogP contribution in [0.25, 0.3) is 0 Å². The Morgan fingerprint density at radius 3 is 0.858 bits per heavy atom. The maximum Gasteiger partial charge on any atom is 0.472 e. The lowest BCUT2D eigenvalue weighted by Crippen LogP contribution is -2.30. The zero-order valence-corrected chi connectivity index (χ0v) is 67.3. The molecule has 17 nitrogen and oxygen atoms in total. The van der Waals surface area contributed by atoms with Crippen molar-refractivity contribution in [3.05, 3.63) is 182 Å². The molecule has 5 unspecified atom stereocenters. The Hall–Kier alpha value is -5.84. The van der Waals surface area contributed by atoms with Gasteiger partial charge in [-0.2, -0.15) is 0 Å². The Morgan fingerprint density at radius 2 is 0.528 bits per heavy atom. The maximum atomic E-state index is 13.1. The van der Waals surface area contributed by atoms with Gasteiger partial charge in [0.05, 0.1) is 26.4 Å². The highest BCUT2D eigenvalue weighted by Crippen LogP contribution is 2.45. The van der Waals surface area contributed by atoms with Crippen molar-refractivity contribution in [1.29, 1.82) is 0 Å². The largest absolute Gasteiger partial charge is 0.472 e. The topological polar surface area (TPSA) is 237 Å². The molecule has 0 bridgehead atoms. The first-order valence-corrected chi connectivity index (χ1v) is 43.0. The van der Waals surface area contributed by atoms with Gasteiger partial charge >= 0.3 is 39.5 Å².